The van der Waals surface area contributed by atoms with Crippen LogP contribution in [0.3, 0.4) is 0 Å². The minimum absolute atomic E-state index is 0.0234. The van der Waals surface area contributed by atoms with E-state index in [9.17, 15) is 4.79 Å². The average Bonchev–Trinajstić information content (AvgIpc) is 3.10. The van der Waals surface area contributed by atoms with Gasteiger partial charge in [0.05, 0.1) is 12.8 Å². The van der Waals surface area contributed by atoms with Gasteiger partial charge < -0.3 is 14.6 Å². The molecule has 0 aliphatic heterocycles. The Labute approximate surface area is 132 Å². The number of methoxy groups -OCH3 is 1. The Bertz CT molecular complexity index is 807. The Hall–Kier alpha value is -2.34. The number of rotatable bonds is 5. The van der Waals surface area contributed by atoms with Crippen LogP contribution in [0.1, 0.15) is 12.1 Å². The lowest BCUT2D eigenvalue weighted by Crippen LogP contribution is -2.14. The van der Waals surface area contributed by atoms with Gasteiger partial charge in [0.15, 0.2) is 5.13 Å². The molecule has 0 unspecified atom stereocenters. The molecule has 22 heavy (non-hydrogen) atoms. The normalized spacial score (nSPS) is 10.8. The topological polar surface area (TPSA) is 56.1 Å². The molecule has 0 radical (unpaired) electrons. The molecule has 0 atom stereocenters. The van der Waals surface area contributed by atoms with E-state index in [0.29, 0.717) is 18.1 Å². The fraction of sp³-hybridized carbons (Fsp3) is 0.250. The van der Waals surface area contributed by atoms with Crippen LogP contribution in [0.15, 0.2) is 35.8 Å². The maximum absolute atomic E-state index is 12.0. The van der Waals surface area contributed by atoms with Crippen molar-refractivity contribution in [1.82, 2.24) is 9.55 Å². The maximum Gasteiger partial charge on any atom is 0.227 e. The largest absolute Gasteiger partial charge is 0.497 e. The first-order valence-electron chi connectivity index (χ1n) is 7.00. The van der Waals surface area contributed by atoms with E-state index in [2.05, 4.69) is 14.9 Å². The van der Waals surface area contributed by atoms with E-state index in [-0.39, 0.29) is 5.91 Å². The zero-order valence-electron chi connectivity index (χ0n) is 12.5. The van der Waals surface area contributed by atoms with E-state index in [1.807, 2.05) is 42.8 Å². The second kappa shape index (κ2) is 6.19. The Morgan fingerprint density at radius 2 is 2.27 bits per heavy atom. The SMILES string of the molecule is COc1ccc2c(ccn2CCC(=O)Nc2nc(C)cs2)c1. The fourth-order valence-electron chi connectivity index (χ4n) is 2.32. The Kier molecular flexibility index (Phi) is 4.11. The van der Waals surface area contributed by atoms with Crippen LogP contribution < -0.4 is 10.1 Å². The highest BCUT2D eigenvalue weighted by atomic mass is 32.1. The third-order valence-electron chi connectivity index (χ3n) is 3.42. The third-order valence-corrected chi connectivity index (χ3v) is 4.30. The van der Waals surface area contributed by atoms with Gasteiger partial charge in [-0.05, 0) is 31.2 Å². The van der Waals surface area contributed by atoms with Gasteiger partial charge in [0.1, 0.15) is 5.75 Å². The second-order valence-electron chi connectivity index (χ2n) is 5.03. The van der Waals surface area contributed by atoms with Crippen molar-refractivity contribution in [2.75, 3.05) is 12.4 Å². The van der Waals surface area contributed by atoms with E-state index in [4.69, 9.17) is 4.74 Å². The molecule has 1 N–H and O–H groups in total. The van der Waals surface area contributed by atoms with Crippen molar-refractivity contribution in [3.8, 4) is 5.75 Å². The van der Waals surface area contributed by atoms with E-state index < -0.39 is 0 Å². The zero-order chi connectivity index (χ0) is 15.5. The van der Waals surface area contributed by atoms with Gasteiger partial charge in [-0.2, -0.15) is 0 Å². The lowest BCUT2D eigenvalue weighted by atomic mass is 10.2. The highest BCUT2D eigenvalue weighted by Gasteiger charge is 2.07. The Morgan fingerprint density at radius 1 is 1.41 bits per heavy atom. The smallest absolute Gasteiger partial charge is 0.227 e. The number of nitrogens with one attached hydrogen (secondary N) is 1. The number of benzene rings is 1. The van der Waals surface area contributed by atoms with Crippen LogP contribution in [-0.2, 0) is 11.3 Å². The van der Waals surface area contributed by atoms with Gasteiger partial charge in [-0.3, -0.25) is 4.79 Å². The summed E-state index contributed by atoms with van der Waals surface area (Å²) in [4.78, 5) is 16.2. The van der Waals surface area contributed by atoms with Crippen molar-refractivity contribution in [1.29, 1.82) is 0 Å². The van der Waals surface area contributed by atoms with Gasteiger partial charge in [0.25, 0.3) is 0 Å². The van der Waals surface area contributed by atoms with Crippen LogP contribution in [0.2, 0.25) is 0 Å². The number of fused-ring (bicyclic) bond motifs is 1. The van der Waals surface area contributed by atoms with Crippen LogP contribution in [0.5, 0.6) is 5.75 Å². The average molecular weight is 315 g/mol. The molecule has 0 fully saturated rings. The summed E-state index contributed by atoms with van der Waals surface area (Å²) < 4.78 is 7.29. The summed E-state index contributed by atoms with van der Waals surface area (Å²) in [6.45, 7) is 2.54. The van der Waals surface area contributed by atoms with E-state index >= 15 is 0 Å². The van der Waals surface area contributed by atoms with Gasteiger partial charge >= 0.3 is 0 Å². The lowest BCUT2D eigenvalue weighted by molar-refractivity contribution is -0.116. The van der Waals surface area contributed by atoms with Crippen molar-refractivity contribution in [2.45, 2.75) is 19.9 Å². The van der Waals surface area contributed by atoms with Gasteiger partial charge in [0, 0.05) is 35.4 Å². The molecule has 114 valence electrons. The summed E-state index contributed by atoms with van der Waals surface area (Å²) in [7, 11) is 1.66. The number of aromatic nitrogens is 2. The lowest BCUT2D eigenvalue weighted by Gasteiger charge is -2.06. The summed E-state index contributed by atoms with van der Waals surface area (Å²) in [6, 6.07) is 7.96. The number of anilines is 1. The molecule has 3 aromatic rings. The van der Waals surface area contributed by atoms with Crippen LogP contribution in [0, 0.1) is 6.92 Å². The number of carbonyl (C=O) groups excluding carboxylic acids is 1. The first-order valence-corrected chi connectivity index (χ1v) is 7.88. The summed E-state index contributed by atoms with van der Waals surface area (Å²) in [5, 5.41) is 6.51. The summed E-state index contributed by atoms with van der Waals surface area (Å²) in [5.74, 6) is 0.812. The Balaban J connectivity index is 1.65. The first-order chi connectivity index (χ1) is 10.7. The quantitative estimate of drug-likeness (QED) is 0.784. The third kappa shape index (κ3) is 3.12. The number of hydrogen-bond donors (Lipinski definition) is 1. The van der Waals surface area contributed by atoms with E-state index in [0.717, 1.165) is 22.3 Å². The summed E-state index contributed by atoms with van der Waals surface area (Å²) in [5.41, 5.74) is 2.02. The molecular weight excluding hydrogens is 298 g/mol. The highest BCUT2D eigenvalue weighted by Crippen LogP contribution is 2.22. The monoisotopic (exact) mass is 315 g/mol. The molecule has 1 amide bonds. The highest BCUT2D eigenvalue weighted by molar-refractivity contribution is 7.13. The van der Waals surface area contributed by atoms with Crippen LogP contribution in [0.25, 0.3) is 10.9 Å². The molecule has 2 aromatic heterocycles. The van der Waals surface area contributed by atoms with E-state index in [1.54, 1.807) is 7.11 Å². The minimum Gasteiger partial charge on any atom is -0.497 e. The van der Waals surface area contributed by atoms with Crippen LogP contribution >= 0.6 is 11.3 Å². The molecule has 3 rings (SSSR count). The molecule has 0 saturated carbocycles. The molecule has 1 aromatic carbocycles. The number of thiazole rings is 1. The number of hydrogen-bond acceptors (Lipinski definition) is 4. The molecule has 6 heteroatoms. The van der Waals surface area contributed by atoms with Crippen molar-refractivity contribution in [3.63, 3.8) is 0 Å². The fourth-order valence-corrected chi connectivity index (χ4v) is 3.02. The minimum atomic E-state index is -0.0234. The maximum atomic E-state index is 12.0. The van der Waals surface area contributed by atoms with E-state index in [1.165, 1.54) is 11.3 Å². The summed E-state index contributed by atoms with van der Waals surface area (Å²) >= 11 is 1.44. The van der Waals surface area contributed by atoms with Crippen LogP contribution in [-0.4, -0.2) is 22.6 Å². The molecule has 5 nitrogen and oxygen atoms in total. The molecule has 0 spiro atoms. The second-order valence-corrected chi connectivity index (χ2v) is 5.88. The molecule has 0 bridgehead atoms. The Morgan fingerprint density at radius 3 is 3.00 bits per heavy atom. The number of nitrogens with zero attached hydrogens (tertiary/aromatic N) is 2. The van der Waals surface area contributed by atoms with Crippen molar-refractivity contribution in [2.24, 2.45) is 0 Å². The number of carbonyl (C=O) groups is 1. The van der Waals surface area contributed by atoms with Gasteiger partial charge in [0.2, 0.25) is 5.91 Å². The molecule has 0 aliphatic carbocycles. The first kappa shape index (κ1) is 14.6. The molecule has 2 heterocycles. The predicted molar refractivity (Wildman–Crippen MR) is 88.6 cm³/mol. The van der Waals surface area contributed by atoms with Crippen LogP contribution in [0.4, 0.5) is 5.13 Å². The molecule has 0 saturated heterocycles. The zero-order valence-corrected chi connectivity index (χ0v) is 13.3. The standard InChI is InChI=1S/C16H17N3O2S/c1-11-10-22-16(17-11)18-15(20)6-8-19-7-5-12-9-13(21-2)3-4-14(12)19/h3-5,7,9-10H,6,8H2,1-2H3,(H,17,18,20). The van der Waals surface area contributed by atoms with Crippen molar-refractivity contribution in [3.05, 3.63) is 41.5 Å². The number of amides is 1. The van der Waals surface area contributed by atoms with Crippen molar-refractivity contribution < 1.29 is 9.53 Å². The van der Waals surface area contributed by atoms with Gasteiger partial charge in [-0.15, -0.1) is 11.3 Å². The predicted octanol–water partition coefficient (Wildman–Crippen LogP) is 3.44. The molecular formula is C16H17N3O2S. The molecule has 0 aliphatic rings. The summed E-state index contributed by atoms with van der Waals surface area (Å²) in [6.07, 6.45) is 2.40. The van der Waals surface area contributed by atoms with Crippen molar-refractivity contribution >= 4 is 33.3 Å². The van der Waals surface area contributed by atoms with Gasteiger partial charge in [-0.1, -0.05) is 0 Å². The number of ether oxygens (including phenoxy) is 1. The number of aryl methyl sites for hydroxylation is 2. The van der Waals surface area contributed by atoms with Gasteiger partial charge in [-0.25, -0.2) is 4.98 Å².